The Balaban J connectivity index is 0.00000506. The van der Waals surface area contributed by atoms with Gasteiger partial charge in [-0.15, -0.1) is 12.4 Å². The molecule has 3 aliphatic rings. The Labute approximate surface area is 258 Å². The van der Waals surface area contributed by atoms with Crippen molar-refractivity contribution in [2.75, 3.05) is 31.1 Å². The van der Waals surface area contributed by atoms with E-state index < -0.39 is 59.6 Å². The lowest BCUT2D eigenvalue weighted by molar-refractivity contribution is -0.146. The Morgan fingerprint density at radius 1 is 1.19 bits per heavy atom. The molecule has 4 rings (SSSR count). The van der Waals surface area contributed by atoms with Crippen LogP contribution in [0.15, 0.2) is 18.2 Å². The molecule has 2 aliphatic heterocycles. The third-order valence-electron chi connectivity index (χ3n) is 8.43. The Hall–Kier alpha value is -2.60. The zero-order valence-electron chi connectivity index (χ0n) is 23.7. The molecule has 15 heteroatoms. The lowest BCUT2D eigenvalue weighted by Crippen LogP contribution is -2.51. The quantitative estimate of drug-likeness (QED) is 0.292. The van der Waals surface area contributed by atoms with E-state index in [0.29, 0.717) is 32.2 Å². The van der Waals surface area contributed by atoms with Gasteiger partial charge in [0.2, 0.25) is 0 Å². The third kappa shape index (κ3) is 7.38. The summed E-state index contributed by atoms with van der Waals surface area (Å²) in [7, 11) is 0. The molecular formula is C28H34ClF5N4O4S. The lowest BCUT2D eigenvalue weighted by Gasteiger charge is -2.41. The van der Waals surface area contributed by atoms with Crippen molar-refractivity contribution in [3.8, 4) is 6.07 Å². The number of anilines is 1. The number of nitrogens with zero attached hydrogens (tertiary/aromatic N) is 4. The summed E-state index contributed by atoms with van der Waals surface area (Å²) >= 11 is 5.62. The van der Waals surface area contributed by atoms with Gasteiger partial charge in [0.05, 0.1) is 42.1 Å². The summed E-state index contributed by atoms with van der Waals surface area (Å²) in [6.45, 7) is 2.77. The van der Waals surface area contributed by atoms with Crippen molar-refractivity contribution in [2.24, 2.45) is 5.92 Å². The molecule has 8 nitrogen and oxygen atoms in total. The van der Waals surface area contributed by atoms with Crippen molar-refractivity contribution in [3.63, 3.8) is 0 Å². The van der Waals surface area contributed by atoms with Crippen molar-refractivity contribution < 1.29 is 41.4 Å². The van der Waals surface area contributed by atoms with Crippen molar-refractivity contribution in [3.05, 3.63) is 29.3 Å². The summed E-state index contributed by atoms with van der Waals surface area (Å²) in [6.07, 6.45) is -2.25. The van der Waals surface area contributed by atoms with Crippen molar-refractivity contribution in [1.82, 2.24) is 9.80 Å². The highest BCUT2D eigenvalue weighted by atomic mass is 35.5. The number of amides is 1. The molecule has 1 unspecified atom stereocenters. The van der Waals surface area contributed by atoms with Crippen LogP contribution in [0.1, 0.15) is 63.5 Å². The molecule has 1 atom stereocenters. The summed E-state index contributed by atoms with van der Waals surface area (Å²) in [5.74, 6) is -5.50. The molecule has 0 spiro atoms. The van der Waals surface area contributed by atoms with Crippen molar-refractivity contribution in [2.45, 2.75) is 82.2 Å². The van der Waals surface area contributed by atoms with Gasteiger partial charge in [-0.25, -0.2) is 8.78 Å². The van der Waals surface area contributed by atoms with Gasteiger partial charge < -0.3 is 14.7 Å². The first kappa shape index (κ1) is 34.9. The van der Waals surface area contributed by atoms with E-state index in [1.54, 1.807) is 18.7 Å². The SMILES string of the molecule is CC1(C)C(=O)N(c2ccc(C#N)c(C(F)(F)F)c2)C(=S)N1C1CCC(OCCC2CCN(CC(=O)O)CC2(F)F)CC1.Cl. The number of piperidine rings is 1. The number of likely N-dealkylation sites (tertiary alicyclic amines) is 1. The van der Waals surface area contributed by atoms with Gasteiger partial charge in [0.15, 0.2) is 5.11 Å². The molecule has 1 aliphatic carbocycles. The number of carbonyl (C=O) groups excluding carboxylic acids is 1. The van der Waals surface area contributed by atoms with E-state index in [2.05, 4.69) is 0 Å². The first-order chi connectivity index (χ1) is 19.6. The minimum absolute atomic E-state index is 0. The number of alkyl halides is 5. The van der Waals surface area contributed by atoms with Crippen molar-refractivity contribution in [1.29, 1.82) is 5.26 Å². The van der Waals surface area contributed by atoms with Crippen LogP contribution in [0.3, 0.4) is 0 Å². The van der Waals surface area contributed by atoms with Gasteiger partial charge in [0, 0.05) is 18.6 Å². The summed E-state index contributed by atoms with van der Waals surface area (Å²) in [5.41, 5.74) is -2.88. The number of nitriles is 1. The number of hydrogen-bond donors (Lipinski definition) is 1. The minimum atomic E-state index is -4.79. The maximum Gasteiger partial charge on any atom is 0.417 e. The van der Waals surface area contributed by atoms with E-state index in [9.17, 15) is 31.5 Å². The topological polar surface area (TPSA) is 97.1 Å². The molecule has 238 valence electrons. The van der Waals surface area contributed by atoms with Crippen LogP contribution in [0.25, 0.3) is 0 Å². The highest BCUT2D eigenvalue weighted by molar-refractivity contribution is 7.80. The molecule has 1 aromatic carbocycles. The van der Waals surface area contributed by atoms with E-state index in [1.807, 2.05) is 0 Å². The average molecular weight is 653 g/mol. The van der Waals surface area contributed by atoms with E-state index in [-0.39, 0.29) is 54.8 Å². The van der Waals surface area contributed by atoms with Crippen LogP contribution in [-0.4, -0.2) is 81.7 Å². The maximum atomic E-state index is 14.6. The average Bonchev–Trinajstić information content (AvgIpc) is 3.07. The normalized spacial score (nSPS) is 25.8. The van der Waals surface area contributed by atoms with Crippen LogP contribution in [0.2, 0.25) is 0 Å². The van der Waals surface area contributed by atoms with Gasteiger partial charge in [-0.3, -0.25) is 19.4 Å². The molecule has 0 bridgehead atoms. The summed E-state index contributed by atoms with van der Waals surface area (Å²) in [5, 5.41) is 18.1. The second-order valence-corrected chi connectivity index (χ2v) is 12.0. The molecule has 43 heavy (non-hydrogen) atoms. The lowest BCUT2D eigenvalue weighted by atomic mass is 9.88. The fourth-order valence-electron chi connectivity index (χ4n) is 6.24. The smallest absolute Gasteiger partial charge is 0.417 e. The molecule has 2 saturated heterocycles. The number of halogens is 6. The molecule has 2 heterocycles. The number of hydrogen-bond acceptors (Lipinski definition) is 6. The molecule has 1 amide bonds. The Kier molecular flexibility index (Phi) is 10.7. The Bertz CT molecular complexity index is 1270. The van der Waals surface area contributed by atoms with E-state index in [4.69, 9.17) is 27.3 Å². The van der Waals surface area contributed by atoms with Crippen molar-refractivity contribution >= 4 is 47.3 Å². The van der Waals surface area contributed by atoms with E-state index in [0.717, 1.165) is 17.0 Å². The number of carbonyl (C=O) groups is 2. The van der Waals surface area contributed by atoms with Gasteiger partial charge in [-0.2, -0.15) is 18.4 Å². The number of aliphatic carboxylic acids is 1. The van der Waals surface area contributed by atoms with Gasteiger partial charge in [-0.1, -0.05) is 0 Å². The zero-order valence-corrected chi connectivity index (χ0v) is 25.3. The van der Waals surface area contributed by atoms with Gasteiger partial charge >= 0.3 is 12.1 Å². The highest BCUT2D eigenvalue weighted by Gasteiger charge is 2.53. The first-order valence-corrected chi connectivity index (χ1v) is 14.2. The fraction of sp³-hybridized carbons (Fsp3) is 0.643. The predicted molar refractivity (Wildman–Crippen MR) is 153 cm³/mol. The largest absolute Gasteiger partial charge is 0.480 e. The monoisotopic (exact) mass is 652 g/mol. The Morgan fingerprint density at radius 2 is 1.84 bits per heavy atom. The number of thiocarbonyl (C=S) groups is 1. The molecule has 0 aromatic heterocycles. The molecule has 3 fully saturated rings. The maximum absolute atomic E-state index is 14.6. The minimum Gasteiger partial charge on any atom is -0.480 e. The van der Waals surface area contributed by atoms with Gasteiger partial charge in [0.1, 0.15) is 5.54 Å². The standard InChI is InChI=1S/C28H33F5N4O4S.ClH/c1-26(2)24(40)36(20-4-3-17(14-34)22(13-20)28(31,32)33)25(42)37(26)19-5-7-21(8-6-19)41-12-10-18-9-11-35(15-23(38)39)16-27(18,29)30;/h3-4,13,18-19,21H,5-12,15-16H2,1-2H3,(H,38,39);1H. The molecule has 1 aromatic rings. The van der Waals surface area contributed by atoms with E-state index >= 15 is 0 Å². The molecule has 1 N–H and O–H groups in total. The van der Waals surface area contributed by atoms with Crippen LogP contribution < -0.4 is 4.90 Å². The number of carboxylic acids is 1. The van der Waals surface area contributed by atoms with Crippen LogP contribution in [0.4, 0.5) is 27.6 Å². The number of ether oxygens (including phenoxy) is 1. The fourth-order valence-corrected chi connectivity index (χ4v) is 6.80. The van der Waals surface area contributed by atoms with Crippen LogP contribution in [0, 0.1) is 17.2 Å². The zero-order chi connectivity index (χ0) is 31.0. The second kappa shape index (κ2) is 13.2. The summed E-state index contributed by atoms with van der Waals surface area (Å²) in [6, 6.07) is 4.43. The molecular weight excluding hydrogens is 619 g/mol. The summed E-state index contributed by atoms with van der Waals surface area (Å²) in [4.78, 5) is 28.4. The van der Waals surface area contributed by atoms with Crippen LogP contribution in [-0.2, 0) is 20.5 Å². The first-order valence-electron chi connectivity index (χ1n) is 13.8. The third-order valence-corrected chi connectivity index (χ3v) is 8.81. The van der Waals surface area contributed by atoms with Gasteiger partial charge in [0.25, 0.3) is 11.8 Å². The highest BCUT2D eigenvalue weighted by Crippen LogP contribution is 2.41. The van der Waals surface area contributed by atoms with Gasteiger partial charge in [-0.05, 0) is 89.3 Å². The number of benzene rings is 1. The Morgan fingerprint density at radius 3 is 2.40 bits per heavy atom. The molecule has 0 radical (unpaired) electrons. The predicted octanol–water partition coefficient (Wildman–Crippen LogP) is 5.47. The molecule has 1 saturated carbocycles. The number of carboxylic acid groups (broad SMARTS) is 1. The van der Waals surface area contributed by atoms with Crippen LogP contribution in [0.5, 0.6) is 0 Å². The number of rotatable bonds is 8. The van der Waals surface area contributed by atoms with E-state index in [1.165, 1.54) is 17.0 Å². The van der Waals surface area contributed by atoms with Crippen LogP contribution >= 0.6 is 24.6 Å². The second-order valence-electron chi connectivity index (χ2n) is 11.6. The summed E-state index contributed by atoms with van der Waals surface area (Å²) < 4.78 is 75.8.